The third-order valence-electron chi connectivity index (χ3n) is 3.03. The monoisotopic (exact) mass is 272 g/mol. The molecule has 5 heteroatoms. The number of ether oxygens (including phenoxy) is 1. The molecule has 0 spiro atoms. The van der Waals surface area contributed by atoms with Crippen LogP contribution in [0.15, 0.2) is 35.0 Å². The summed E-state index contributed by atoms with van der Waals surface area (Å²) in [6, 6.07) is 7.77. The normalized spacial score (nSPS) is 16.6. The zero-order valence-corrected chi connectivity index (χ0v) is 11.7. The number of nitrogens with zero attached hydrogens (tertiary/aromatic N) is 2. The number of rotatable bonds is 3. The quantitative estimate of drug-likeness (QED) is 0.622. The van der Waals surface area contributed by atoms with Gasteiger partial charge in [-0.15, -0.1) is 0 Å². The van der Waals surface area contributed by atoms with E-state index in [1.807, 2.05) is 31.2 Å². The van der Waals surface area contributed by atoms with Gasteiger partial charge < -0.3 is 4.74 Å². The average Bonchev–Trinajstić information content (AvgIpc) is 2.69. The molecule has 5 nitrogen and oxygen atoms in total. The lowest BCUT2D eigenvalue weighted by atomic mass is 10.1. The Morgan fingerprint density at radius 2 is 1.95 bits per heavy atom. The highest BCUT2D eigenvalue weighted by molar-refractivity contribution is 6.14. The maximum atomic E-state index is 12.2. The first kappa shape index (κ1) is 14.0. The summed E-state index contributed by atoms with van der Waals surface area (Å²) in [7, 11) is 1.29. The van der Waals surface area contributed by atoms with Crippen LogP contribution < -0.4 is 0 Å². The minimum atomic E-state index is -0.468. The first-order chi connectivity index (χ1) is 9.51. The molecule has 0 unspecified atom stereocenters. The molecule has 0 N–H and O–H groups in total. The lowest BCUT2D eigenvalue weighted by Gasteiger charge is -2.13. The largest absolute Gasteiger partial charge is 0.468 e. The van der Waals surface area contributed by atoms with Crippen LogP contribution in [-0.4, -0.2) is 36.3 Å². The molecular formula is C15H16N2O3. The Balaban J connectivity index is 2.21. The van der Waals surface area contributed by atoms with Crippen molar-refractivity contribution in [3.63, 3.8) is 0 Å². The zero-order chi connectivity index (χ0) is 14.7. The van der Waals surface area contributed by atoms with Gasteiger partial charge in [0.2, 0.25) is 0 Å². The molecule has 0 bridgehead atoms. The topological polar surface area (TPSA) is 59.0 Å². The van der Waals surface area contributed by atoms with Crippen LogP contribution in [0.3, 0.4) is 0 Å². The van der Waals surface area contributed by atoms with Crippen molar-refractivity contribution in [2.45, 2.75) is 13.8 Å². The van der Waals surface area contributed by atoms with Crippen molar-refractivity contribution in [1.82, 2.24) is 4.90 Å². The van der Waals surface area contributed by atoms with Crippen LogP contribution in [-0.2, 0) is 14.3 Å². The average molecular weight is 272 g/mol. The number of aliphatic imine (C=N–C) groups is 1. The lowest BCUT2D eigenvalue weighted by molar-refractivity contribution is -0.143. The predicted molar refractivity (Wildman–Crippen MR) is 76.0 cm³/mol. The fourth-order valence-electron chi connectivity index (χ4n) is 1.86. The van der Waals surface area contributed by atoms with Crippen molar-refractivity contribution in [3.8, 4) is 0 Å². The summed E-state index contributed by atoms with van der Waals surface area (Å²) in [5, 5.41) is 0. The Morgan fingerprint density at radius 1 is 1.30 bits per heavy atom. The highest BCUT2D eigenvalue weighted by atomic mass is 16.5. The smallest absolute Gasteiger partial charge is 0.325 e. The van der Waals surface area contributed by atoms with Crippen molar-refractivity contribution in [3.05, 3.63) is 41.1 Å². The van der Waals surface area contributed by atoms with Gasteiger partial charge in [-0.1, -0.05) is 29.8 Å². The molecule has 0 aromatic heterocycles. The van der Waals surface area contributed by atoms with Gasteiger partial charge >= 0.3 is 5.97 Å². The van der Waals surface area contributed by atoms with Crippen LogP contribution in [0.4, 0.5) is 0 Å². The van der Waals surface area contributed by atoms with Crippen molar-refractivity contribution in [2.75, 3.05) is 13.7 Å². The Kier molecular flexibility index (Phi) is 3.98. The Labute approximate surface area is 117 Å². The molecule has 0 fully saturated rings. The maximum absolute atomic E-state index is 12.2. The summed E-state index contributed by atoms with van der Waals surface area (Å²) in [6.07, 6.45) is 1.71. The summed E-state index contributed by atoms with van der Waals surface area (Å²) in [4.78, 5) is 29.0. The van der Waals surface area contributed by atoms with Gasteiger partial charge in [-0.05, 0) is 25.5 Å². The van der Waals surface area contributed by atoms with Crippen molar-refractivity contribution in [2.24, 2.45) is 4.99 Å². The van der Waals surface area contributed by atoms with Crippen LogP contribution in [0.25, 0.3) is 6.08 Å². The molecule has 1 heterocycles. The third-order valence-corrected chi connectivity index (χ3v) is 3.03. The van der Waals surface area contributed by atoms with Gasteiger partial charge in [0, 0.05) is 0 Å². The van der Waals surface area contributed by atoms with Gasteiger partial charge in [0.1, 0.15) is 18.1 Å². The van der Waals surface area contributed by atoms with E-state index < -0.39 is 5.97 Å². The molecule has 0 radical (unpaired) electrons. The summed E-state index contributed by atoms with van der Waals surface area (Å²) >= 11 is 0. The Morgan fingerprint density at radius 3 is 2.55 bits per heavy atom. The van der Waals surface area contributed by atoms with Crippen molar-refractivity contribution in [1.29, 1.82) is 0 Å². The number of methoxy groups -OCH3 is 1. The number of benzene rings is 1. The lowest BCUT2D eigenvalue weighted by Crippen LogP contribution is -2.35. The zero-order valence-electron chi connectivity index (χ0n) is 11.7. The fourth-order valence-corrected chi connectivity index (χ4v) is 1.86. The van der Waals surface area contributed by atoms with Gasteiger partial charge in [0.25, 0.3) is 5.91 Å². The number of carbonyl (C=O) groups excluding carboxylic acids is 2. The van der Waals surface area contributed by atoms with E-state index in [-0.39, 0.29) is 12.5 Å². The van der Waals surface area contributed by atoms with Gasteiger partial charge in [0.05, 0.1) is 7.11 Å². The molecule has 2 rings (SSSR count). The van der Waals surface area contributed by atoms with Crippen molar-refractivity contribution < 1.29 is 14.3 Å². The van der Waals surface area contributed by atoms with E-state index in [0.29, 0.717) is 11.5 Å². The predicted octanol–water partition coefficient (Wildman–Crippen LogP) is 1.77. The molecule has 1 amide bonds. The van der Waals surface area contributed by atoms with Crippen LogP contribution in [0.5, 0.6) is 0 Å². The molecule has 0 aliphatic carbocycles. The first-order valence-electron chi connectivity index (χ1n) is 6.23. The minimum Gasteiger partial charge on any atom is -0.468 e. The van der Waals surface area contributed by atoms with E-state index in [1.54, 1.807) is 13.0 Å². The van der Waals surface area contributed by atoms with E-state index in [1.165, 1.54) is 12.0 Å². The second-order valence-electron chi connectivity index (χ2n) is 4.57. The van der Waals surface area contributed by atoms with Crippen LogP contribution in [0.1, 0.15) is 18.1 Å². The molecule has 104 valence electrons. The number of aryl methyl sites for hydroxylation is 1. The summed E-state index contributed by atoms with van der Waals surface area (Å²) < 4.78 is 4.57. The Bertz CT molecular complexity index is 600. The van der Waals surface area contributed by atoms with Gasteiger partial charge in [-0.2, -0.15) is 0 Å². The van der Waals surface area contributed by atoms with Crippen LogP contribution in [0, 0.1) is 6.92 Å². The standard InChI is InChI=1S/C15H16N2O3/c1-10-4-6-12(7-5-10)8-13-15(19)17(11(2)16-13)9-14(18)20-3/h4-8H,9H2,1-3H3/b13-8+. The molecule has 20 heavy (non-hydrogen) atoms. The number of esters is 1. The first-order valence-corrected chi connectivity index (χ1v) is 6.23. The maximum Gasteiger partial charge on any atom is 0.325 e. The van der Waals surface area contributed by atoms with Gasteiger partial charge in [-0.3, -0.25) is 14.5 Å². The number of hydrogen-bond acceptors (Lipinski definition) is 4. The fraction of sp³-hybridized carbons (Fsp3) is 0.267. The van der Waals surface area contributed by atoms with Crippen LogP contribution in [0.2, 0.25) is 0 Å². The van der Waals surface area contributed by atoms with E-state index in [0.717, 1.165) is 11.1 Å². The highest BCUT2D eigenvalue weighted by Crippen LogP contribution is 2.18. The molecule has 1 aliphatic rings. The molecule has 1 aromatic rings. The number of carbonyl (C=O) groups is 2. The van der Waals surface area contributed by atoms with Gasteiger partial charge in [0.15, 0.2) is 0 Å². The van der Waals surface area contributed by atoms with E-state index in [9.17, 15) is 9.59 Å². The third kappa shape index (κ3) is 2.93. The second kappa shape index (κ2) is 5.69. The van der Waals surface area contributed by atoms with Crippen LogP contribution >= 0.6 is 0 Å². The molecule has 1 aromatic carbocycles. The van der Waals surface area contributed by atoms with Gasteiger partial charge in [-0.25, -0.2) is 4.99 Å². The number of hydrogen-bond donors (Lipinski definition) is 0. The molecule has 1 aliphatic heterocycles. The molecule has 0 saturated carbocycles. The Hall–Kier alpha value is -2.43. The minimum absolute atomic E-state index is 0.115. The SMILES string of the molecule is COC(=O)CN1C(=O)/C(=C\c2ccc(C)cc2)N=C1C. The van der Waals surface area contributed by atoms with Crippen molar-refractivity contribution >= 4 is 23.8 Å². The summed E-state index contributed by atoms with van der Waals surface area (Å²) in [5.41, 5.74) is 2.38. The summed E-state index contributed by atoms with van der Waals surface area (Å²) in [5.74, 6) is -0.253. The molecule has 0 atom stereocenters. The second-order valence-corrected chi connectivity index (χ2v) is 4.57. The molecular weight excluding hydrogens is 256 g/mol. The van der Waals surface area contributed by atoms with E-state index in [2.05, 4.69) is 9.73 Å². The number of amides is 1. The van der Waals surface area contributed by atoms with E-state index in [4.69, 9.17) is 0 Å². The number of amidine groups is 1. The summed E-state index contributed by atoms with van der Waals surface area (Å²) in [6.45, 7) is 3.57. The molecule has 0 saturated heterocycles. The highest BCUT2D eigenvalue weighted by Gasteiger charge is 2.29. The van der Waals surface area contributed by atoms with E-state index >= 15 is 0 Å².